The first-order valence-electron chi connectivity index (χ1n) is 7.44. The lowest BCUT2D eigenvalue weighted by atomic mass is 10.2. The Hall–Kier alpha value is -3.35. The van der Waals surface area contributed by atoms with Gasteiger partial charge in [0.25, 0.3) is 11.8 Å². The summed E-state index contributed by atoms with van der Waals surface area (Å²) in [5.41, 5.74) is 6.39. The van der Waals surface area contributed by atoms with E-state index in [0.717, 1.165) is 10.9 Å². The Morgan fingerprint density at radius 3 is 2.67 bits per heavy atom. The zero-order valence-electron chi connectivity index (χ0n) is 13.0. The topological polar surface area (TPSA) is 96.1 Å². The number of fused-ring (bicyclic) bond motifs is 1. The Bertz CT molecular complexity index is 871. The molecule has 0 aliphatic carbocycles. The van der Waals surface area contributed by atoms with E-state index in [1.807, 2.05) is 31.2 Å². The lowest BCUT2D eigenvalue weighted by molar-refractivity contribution is 0.0847. The quantitative estimate of drug-likeness (QED) is 0.640. The molecular weight excluding hydrogens is 308 g/mol. The van der Waals surface area contributed by atoms with E-state index < -0.39 is 11.8 Å². The van der Waals surface area contributed by atoms with Gasteiger partial charge in [0.1, 0.15) is 0 Å². The summed E-state index contributed by atoms with van der Waals surface area (Å²) < 4.78 is 5.21. The summed E-state index contributed by atoms with van der Waals surface area (Å²) in [5.74, 6) is -0.421. The number of ether oxygens (including phenoxy) is 1. The van der Waals surface area contributed by atoms with Crippen molar-refractivity contribution < 1.29 is 14.3 Å². The first-order chi connectivity index (χ1) is 11.7. The minimum Gasteiger partial charge on any atom is -0.478 e. The minimum atomic E-state index is -0.460. The molecular formula is C17H16N4O3. The Balaban J connectivity index is 1.64. The first-order valence-corrected chi connectivity index (χ1v) is 7.44. The van der Waals surface area contributed by atoms with Gasteiger partial charge in [-0.05, 0) is 19.1 Å². The van der Waals surface area contributed by atoms with Gasteiger partial charge in [0.05, 0.1) is 17.7 Å². The largest absolute Gasteiger partial charge is 0.478 e. The van der Waals surface area contributed by atoms with Gasteiger partial charge in [-0.2, -0.15) is 0 Å². The Kier molecular flexibility index (Phi) is 4.42. The number of nitrogens with one attached hydrogen (secondary N) is 3. The molecule has 2 aromatic heterocycles. The second-order valence-corrected chi connectivity index (χ2v) is 4.97. The van der Waals surface area contributed by atoms with Crippen molar-refractivity contribution in [2.45, 2.75) is 6.92 Å². The predicted octanol–water partition coefficient (Wildman–Crippen LogP) is 2.04. The van der Waals surface area contributed by atoms with Crippen molar-refractivity contribution in [3.8, 4) is 5.88 Å². The second-order valence-electron chi connectivity index (χ2n) is 4.97. The summed E-state index contributed by atoms with van der Waals surface area (Å²) in [6.07, 6.45) is 2.99. The van der Waals surface area contributed by atoms with E-state index in [0.29, 0.717) is 23.6 Å². The van der Waals surface area contributed by atoms with E-state index in [4.69, 9.17) is 4.74 Å². The van der Waals surface area contributed by atoms with Crippen LogP contribution in [0.3, 0.4) is 0 Å². The van der Waals surface area contributed by atoms with Gasteiger partial charge in [0, 0.05) is 29.4 Å². The number of aromatic amines is 1. The molecule has 0 aliphatic heterocycles. The number of aromatic nitrogens is 2. The van der Waals surface area contributed by atoms with Crippen molar-refractivity contribution in [1.29, 1.82) is 0 Å². The van der Waals surface area contributed by atoms with Crippen LogP contribution in [0.1, 0.15) is 27.6 Å². The molecule has 1 aromatic carbocycles. The molecule has 0 spiro atoms. The van der Waals surface area contributed by atoms with Gasteiger partial charge in [0.2, 0.25) is 5.88 Å². The van der Waals surface area contributed by atoms with Crippen LogP contribution in [0, 0.1) is 0 Å². The number of carbonyl (C=O) groups excluding carboxylic acids is 2. The van der Waals surface area contributed by atoms with Crippen LogP contribution in [-0.4, -0.2) is 28.4 Å². The molecule has 0 bridgehead atoms. The molecule has 24 heavy (non-hydrogen) atoms. The van der Waals surface area contributed by atoms with Crippen molar-refractivity contribution >= 4 is 22.7 Å². The van der Waals surface area contributed by atoms with Gasteiger partial charge >= 0.3 is 0 Å². The highest BCUT2D eigenvalue weighted by Gasteiger charge is 2.13. The maximum absolute atomic E-state index is 12.2. The van der Waals surface area contributed by atoms with Gasteiger partial charge in [-0.15, -0.1) is 0 Å². The number of hydrogen-bond donors (Lipinski definition) is 3. The summed E-state index contributed by atoms with van der Waals surface area (Å²) >= 11 is 0. The molecule has 0 aliphatic rings. The summed E-state index contributed by atoms with van der Waals surface area (Å²) in [4.78, 5) is 31.3. The van der Waals surface area contributed by atoms with E-state index in [1.165, 1.54) is 6.20 Å². The van der Waals surface area contributed by atoms with Gasteiger partial charge in [-0.1, -0.05) is 18.2 Å². The van der Waals surface area contributed by atoms with Crippen LogP contribution in [0.4, 0.5) is 0 Å². The third-order valence-corrected chi connectivity index (χ3v) is 3.41. The third kappa shape index (κ3) is 3.19. The molecule has 0 saturated carbocycles. The summed E-state index contributed by atoms with van der Waals surface area (Å²) in [6, 6.07) is 10.6. The Morgan fingerprint density at radius 2 is 1.92 bits per heavy atom. The zero-order valence-corrected chi connectivity index (χ0v) is 13.0. The molecule has 3 N–H and O–H groups in total. The number of benzene rings is 1. The van der Waals surface area contributed by atoms with Crippen LogP contribution in [0.5, 0.6) is 5.88 Å². The number of carbonyl (C=O) groups is 2. The van der Waals surface area contributed by atoms with Crippen LogP contribution in [0.15, 0.2) is 48.8 Å². The molecule has 7 heteroatoms. The van der Waals surface area contributed by atoms with E-state index in [-0.39, 0.29) is 0 Å². The average Bonchev–Trinajstić information content (AvgIpc) is 3.04. The van der Waals surface area contributed by atoms with E-state index >= 15 is 0 Å². The average molecular weight is 324 g/mol. The van der Waals surface area contributed by atoms with E-state index in [1.54, 1.807) is 18.3 Å². The minimum absolute atomic E-state index is 0.317. The molecule has 2 amide bonds. The highest BCUT2D eigenvalue weighted by atomic mass is 16.5. The first kappa shape index (κ1) is 15.5. The molecule has 0 radical (unpaired) electrons. The number of hydrazine groups is 1. The lowest BCUT2D eigenvalue weighted by Gasteiger charge is -2.07. The molecule has 2 heterocycles. The van der Waals surface area contributed by atoms with Crippen LogP contribution < -0.4 is 15.6 Å². The van der Waals surface area contributed by atoms with Crippen LogP contribution in [0.2, 0.25) is 0 Å². The second kappa shape index (κ2) is 6.82. The molecule has 0 atom stereocenters. The standard InChI is InChI=1S/C17H16N4O3/c1-2-24-15-8-7-11(9-19-15)16(22)20-21-17(23)13-10-18-14-6-4-3-5-12(13)14/h3-10,18H,2H2,1H3,(H,20,22)(H,21,23). The third-order valence-electron chi connectivity index (χ3n) is 3.41. The van der Waals surface area contributed by atoms with Crippen LogP contribution >= 0.6 is 0 Å². The number of H-pyrrole nitrogens is 1. The normalized spacial score (nSPS) is 10.4. The van der Waals surface area contributed by atoms with Crippen molar-refractivity contribution in [3.63, 3.8) is 0 Å². The van der Waals surface area contributed by atoms with Crippen molar-refractivity contribution in [2.24, 2.45) is 0 Å². The fraction of sp³-hybridized carbons (Fsp3) is 0.118. The van der Waals surface area contributed by atoms with Gasteiger partial charge in [-0.3, -0.25) is 20.4 Å². The van der Waals surface area contributed by atoms with Crippen molar-refractivity contribution in [2.75, 3.05) is 6.61 Å². The summed E-state index contributed by atoms with van der Waals surface area (Å²) in [6.45, 7) is 2.35. The van der Waals surface area contributed by atoms with Crippen LogP contribution in [-0.2, 0) is 0 Å². The SMILES string of the molecule is CCOc1ccc(C(=O)NNC(=O)c2c[nH]c3ccccc23)cn1. The number of amides is 2. The number of pyridine rings is 1. The number of para-hydroxylation sites is 1. The Labute approximate surface area is 138 Å². The highest BCUT2D eigenvalue weighted by Crippen LogP contribution is 2.17. The molecule has 0 saturated heterocycles. The van der Waals surface area contributed by atoms with Crippen LogP contribution in [0.25, 0.3) is 10.9 Å². The summed E-state index contributed by atoms with van der Waals surface area (Å²) in [5, 5.41) is 0.784. The lowest BCUT2D eigenvalue weighted by Crippen LogP contribution is -2.41. The van der Waals surface area contributed by atoms with Gasteiger partial charge in [0.15, 0.2) is 0 Å². The predicted molar refractivity (Wildman–Crippen MR) is 88.6 cm³/mol. The molecule has 122 valence electrons. The van der Waals surface area contributed by atoms with Crippen molar-refractivity contribution in [3.05, 3.63) is 59.9 Å². The molecule has 0 fully saturated rings. The van der Waals surface area contributed by atoms with Gasteiger partial charge in [-0.25, -0.2) is 4.98 Å². The number of nitrogens with zero attached hydrogens (tertiary/aromatic N) is 1. The van der Waals surface area contributed by atoms with E-state index in [2.05, 4.69) is 20.8 Å². The Morgan fingerprint density at radius 1 is 1.12 bits per heavy atom. The maximum atomic E-state index is 12.2. The maximum Gasteiger partial charge on any atom is 0.271 e. The number of rotatable bonds is 4. The summed E-state index contributed by atoms with van der Waals surface area (Å²) in [7, 11) is 0. The van der Waals surface area contributed by atoms with E-state index in [9.17, 15) is 9.59 Å². The molecule has 7 nitrogen and oxygen atoms in total. The number of hydrogen-bond acceptors (Lipinski definition) is 4. The van der Waals surface area contributed by atoms with Gasteiger partial charge < -0.3 is 9.72 Å². The molecule has 3 aromatic rings. The molecule has 0 unspecified atom stereocenters. The fourth-order valence-corrected chi connectivity index (χ4v) is 2.26. The monoisotopic (exact) mass is 324 g/mol. The fourth-order valence-electron chi connectivity index (χ4n) is 2.26. The molecule has 3 rings (SSSR count). The highest BCUT2D eigenvalue weighted by molar-refractivity contribution is 6.07. The smallest absolute Gasteiger partial charge is 0.271 e. The van der Waals surface area contributed by atoms with Crippen molar-refractivity contribution in [1.82, 2.24) is 20.8 Å². The zero-order chi connectivity index (χ0) is 16.9.